The number of hydrogen-bond acceptors (Lipinski definition) is 8. The first-order chi connectivity index (χ1) is 19.2. The van der Waals surface area contributed by atoms with E-state index in [1.165, 1.54) is 12.1 Å². The summed E-state index contributed by atoms with van der Waals surface area (Å²) >= 11 is 6.42. The number of halogens is 1. The van der Waals surface area contributed by atoms with E-state index in [9.17, 15) is 19.8 Å². The zero-order valence-electron chi connectivity index (χ0n) is 22.5. The van der Waals surface area contributed by atoms with Crippen molar-refractivity contribution in [1.29, 1.82) is 0 Å². The van der Waals surface area contributed by atoms with Crippen LogP contribution in [0.15, 0.2) is 45.6 Å². The van der Waals surface area contributed by atoms with Crippen LogP contribution in [0.3, 0.4) is 0 Å². The van der Waals surface area contributed by atoms with Crippen molar-refractivity contribution in [1.82, 2.24) is 15.1 Å². The Bertz CT molecular complexity index is 1500. The van der Waals surface area contributed by atoms with Crippen molar-refractivity contribution in [3.63, 3.8) is 0 Å². The highest BCUT2D eigenvalue weighted by atomic mass is 35.5. The lowest BCUT2D eigenvalue weighted by Gasteiger charge is -2.35. The van der Waals surface area contributed by atoms with Crippen LogP contribution in [0, 0.1) is 0 Å². The summed E-state index contributed by atoms with van der Waals surface area (Å²) in [4.78, 5) is 30.5. The summed E-state index contributed by atoms with van der Waals surface area (Å²) in [6.07, 6.45) is 3.32. The summed E-state index contributed by atoms with van der Waals surface area (Å²) in [5.41, 5.74) is 0.456. The lowest BCUT2D eigenvalue weighted by molar-refractivity contribution is 0.0628. The molecule has 9 nitrogen and oxygen atoms in total. The van der Waals surface area contributed by atoms with Gasteiger partial charge in [-0.2, -0.15) is 0 Å². The monoisotopic (exact) mass is 567 g/mol. The van der Waals surface area contributed by atoms with Gasteiger partial charge in [-0.15, -0.1) is 0 Å². The molecule has 4 heterocycles. The maximum atomic E-state index is 13.5. The Morgan fingerprint density at radius 1 is 1.20 bits per heavy atom. The van der Waals surface area contributed by atoms with Gasteiger partial charge in [0.2, 0.25) is 0 Å². The van der Waals surface area contributed by atoms with Gasteiger partial charge in [0.05, 0.1) is 11.1 Å². The first-order valence-electron chi connectivity index (χ1n) is 13.9. The Kier molecular flexibility index (Phi) is 7.25. The predicted molar refractivity (Wildman–Crippen MR) is 152 cm³/mol. The number of ether oxygens (including phenoxy) is 1. The molecule has 0 bridgehead atoms. The fourth-order valence-corrected chi connectivity index (χ4v) is 6.76. The van der Waals surface area contributed by atoms with E-state index >= 15 is 0 Å². The number of phenols is 1. The molecule has 3 atom stereocenters. The van der Waals surface area contributed by atoms with Crippen LogP contribution in [-0.4, -0.2) is 77.5 Å². The van der Waals surface area contributed by atoms with Crippen LogP contribution in [0.2, 0.25) is 5.02 Å². The molecule has 2 aromatic carbocycles. The number of β-amino-alcohol motifs (C(OH)–C–C–N with tert-alkyl or cyclic N) is 1. The molecule has 3 aliphatic heterocycles. The Hall–Kier alpha value is -3.11. The molecular weight excluding hydrogens is 534 g/mol. The maximum absolute atomic E-state index is 13.5. The number of carbonyl (C=O) groups is 1. The van der Waals surface area contributed by atoms with E-state index in [1.54, 1.807) is 29.2 Å². The highest BCUT2D eigenvalue weighted by Gasteiger charge is 2.42. The summed E-state index contributed by atoms with van der Waals surface area (Å²) in [7, 11) is 1.92. The van der Waals surface area contributed by atoms with E-state index in [1.807, 2.05) is 11.9 Å². The van der Waals surface area contributed by atoms with E-state index in [-0.39, 0.29) is 33.8 Å². The van der Waals surface area contributed by atoms with E-state index < -0.39 is 23.5 Å². The first kappa shape index (κ1) is 27.1. The zero-order chi connectivity index (χ0) is 28.0. The number of hydrogen-bond donors (Lipinski definition) is 3. The second kappa shape index (κ2) is 10.7. The fraction of sp³-hybridized carbons (Fsp3) is 0.467. The highest BCUT2D eigenvalue weighted by molar-refractivity contribution is 6.33. The molecule has 1 spiro atoms. The van der Waals surface area contributed by atoms with Gasteiger partial charge in [0.1, 0.15) is 28.2 Å². The van der Waals surface area contributed by atoms with Gasteiger partial charge in [-0.05, 0) is 58.0 Å². The number of likely N-dealkylation sites (N-methyl/N-ethyl adjacent to an activating group) is 1. The van der Waals surface area contributed by atoms with E-state index in [4.69, 9.17) is 20.8 Å². The molecule has 1 aromatic heterocycles. The fourth-order valence-electron chi connectivity index (χ4n) is 6.53. The Balaban J connectivity index is 1.45. The van der Waals surface area contributed by atoms with Crippen molar-refractivity contribution >= 4 is 28.7 Å². The molecule has 3 aliphatic rings. The summed E-state index contributed by atoms with van der Waals surface area (Å²) in [5.74, 6) is -0.535. The average molecular weight is 568 g/mol. The number of benzene rings is 2. The van der Waals surface area contributed by atoms with Crippen LogP contribution < -0.4 is 15.5 Å². The van der Waals surface area contributed by atoms with Crippen molar-refractivity contribution in [2.24, 2.45) is 0 Å². The van der Waals surface area contributed by atoms with Gasteiger partial charge in [0.15, 0.2) is 5.43 Å². The topological polar surface area (TPSA) is 115 Å². The van der Waals surface area contributed by atoms with Gasteiger partial charge in [-0.25, -0.2) is 4.79 Å². The van der Waals surface area contributed by atoms with Crippen molar-refractivity contribution in [3.05, 3.63) is 57.2 Å². The number of nitrogens with one attached hydrogen (secondary N) is 1. The number of nitrogens with zero attached hydrogens (tertiary/aromatic N) is 2. The smallest absolute Gasteiger partial charge is 0.415 e. The normalized spacial score (nSPS) is 25.5. The molecule has 0 radical (unpaired) electrons. The Labute approximate surface area is 237 Å². The van der Waals surface area contributed by atoms with E-state index in [2.05, 4.69) is 5.32 Å². The minimum absolute atomic E-state index is 0.0248. The quantitative estimate of drug-likeness (QED) is 0.429. The number of rotatable bonds is 3. The molecular formula is C30H34ClN3O6. The average Bonchev–Trinajstić information content (AvgIpc) is 3.33. The maximum Gasteiger partial charge on any atom is 0.415 e. The van der Waals surface area contributed by atoms with Crippen molar-refractivity contribution in [2.75, 3.05) is 39.8 Å². The minimum atomic E-state index is -0.806. The number of carbonyl (C=O) groups excluding carboxylic acids is 1. The van der Waals surface area contributed by atoms with Crippen LogP contribution in [-0.2, 0) is 0 Å². The van der Waals surface area contributed by atoms with Crippen molar-refractivity contribution in [2.45, 2.75) is 49.7 Å². The SMILES string of the molecule is CN1CC[C@H](c2c(OC(=O)N3CCC4(CCCCN4)C3)cc(O)c3c(=O)cc(-c4ccccc4Cl)oc23)[C@H](O)C1. The molecule has 10 heteroatoms. The molecule has 1 amide bonds. The Morgan fingerprint density at radius 3 is 2.77 bits per heavy atom. The number of piperidine rings is 2. The molecule has 1 unspecified atom stereocenters. The second-order valence-corrected chi connectivity index (χ2v) is 11.8. The second-order valence-electron chi connectivity index (χ2n) is 11.4. The lowest BCUT2D eigenvalue weighted by Crippen LogP contribution is -2.51. The molecule has 0 aliphatic carbocycles. The largest absolute Gasteiger partial charge is 0.507 e. The molecule has 0 saturated carbocycles. The van der Waals surface area contributed by atoms with Gasteiger partial charge < -0.3 is 34.5 Å². The summed E-state index contributed by atoms with van der Waals surface area (Å²) in [6.45, 7) is 3.13. The number of likely N-dealkylation sites (tertiary alicyclic amines) is 2. The van der Waals surface area contributed by atoms with Crippen LogP contribution in [0.5, 0.6) is 11.5 Å². The van der Waals surface area contributed by atoms with Gasteiger partial charge >= 0.3 is 6.09 Å². The summed E-state index contributed by atoms with van der Waals surface area (Å²) < 4.78 is 12.3. The van der Waals surface area contributed by atoms with Crippen LogP contribution in [0.1, 0.15) is 43.6 Å². The number of phenolic OH excluding ortho intramolecular Hbond substituents is 1. The summed E-state index contributed by atoms with van der Waals surface area (Å²) in [6, 6.07) is 9.60. The highest BCUT2D eigenvalue weighted by Crippen LogP contribution is 2.44. The molecule has 3 fully saturated rings. The van der Waals surface area contributed by atoms with Crippen LogP contribution in [0.4, 0.5) is 4.79 Å². The van der Waals surface area contributed by atoms with Crippen molar-refractivity contribution in [3.8, 4) is 22.8 Å². The third-order valence-corrected chi connectivity index (χ3v) is 9.00. The van der Waals surface area contributed by atoms with Gasteiger partial charge in [0, 0.05) is 54.4 Å². The number of aliphatic hydroxyl groups is 1. The number of aromatic hydroxyl groups is 1. The van der Waals surface area contributed by atoms with E-state index in [0.29, 0.717) is 48.7 Å². The number of amides is 1. The minimum Gasteiger partial charge on any atom is -0.507 e. The van der Waals surface area contributed by atoms with Crippen LogP contribution in [0.25, 0.3) is 22.3 Å². The van der Waals surface area contributed by atoms with Crippen molar-refractivity contribution < 1.29 is 24.2 Å². The molecule has 6 rings (SSSR count). The molecule has 3 saturated heterocycles. The van der Waals surface area contributed by atoms with Crippen LogP contribution >= 0.6 is 11.6 Å². The van der Waals surface area contributed by atoms with Gasteiger partial charge in [-0.3, -0.25) is 4.79 Å². The summed E-state index contributed by atoms with van der Waals surface area (Å²) in [5, 5.41) is 26.1. The standard InChI is InChI=1S/C30H34ClN3O6/c1-33-12-8-19(23(37)16-33)26-25(40-29(38)34-13-10-30(17-34)9-4-5-11-32-30)15-22(36)27-21(35)14-24(39-28(26)27)18-6-2-3-7-20(18)31/h2-3,6-7,14-15,19,23,32,36-37H,4-5,8-13,16-17H2,1H3/t19-,23+,30?/m0/s1. The van der Waals surface area contributed by atoms with Gasteiger partial charge in [0.25, 0.3) is 0 Å². The number of fused-ring (bicyclic) bond motifs is 1. The predicted octanol–water partition coefficient (Wildman–Crippen LogP) is 4.32. The Morgan fingerprint density at radius 2 is 2.02 bits per heavy atom. The third kappa shape index (κ3) is 4.96. The molecule has 3 aromatic rings. The zero-order valence-corrected chi connectivity index (χ0v) is 23.2. The van der Waals surface area contributed by atoms with E-state index in [0.717, 1.165) is 32.2 Å². The third-order valence-electron chi connectivity index (χ3n) is 8.67. The lowest BCUT2D eigenvalue weighted by atomic mass is 9.85. The number of aliphatic hydroxyl groups excluding tert-OH is 1. The first-order valence-corrected chi connectivity index (χ1v) is 14.3. The molecule has 40 heavy (non-hydrogen) atoms. The molecule has 212 valence electrons. The van der Waals surface area contributed by atoms with Gasteiger partial charge in [-0.1, -0.05) is 30.2 Å². The molecule has 3 N–H and O–H groups in total.